The number of nitrogens with one attached hydrogen (secondary N) is 1. The first-order chi connectivity index (χ1) is 8.72. The number of aromatic nitrogens is 3. The van der Waals surface area contributed by atoms with Gasteiger partial charge in [-0.25, -0.2) is 4.52 Å². The molecule has 0 atom stereocenters. The molecule has 5 heteroatoms. The first-order valence-electron chi connectivity index (χ1n) is 6.12. The van der Waals surface area contributed by atoms with Crippen molar-refractivity contribution in [3.05, 3.63) is 47.2 Å². The van der Waals surface area contributed by atoms with Gasteiger partial charge in [0.2, 0.25) is 0 Å². The van der Waals surface area contributed by atoms with E-state index >= 15 is 0 Å². The Morgan fingerprint density at radius 3 is 3.11 bits per heavy atom. The molecule has 0 aromatic carbocycles. The summed E-state index contributed by atoms with van der Waals surface area (Å²) in [5.41, 5.74) is 1.55. The van der Waals surface area contributed by atoms with Crippen molar-refractivity contribution < 1.29 is 0 Å². The van der Waals surface area contributed by atoms with E-state index in [1.54, 1.807) is 33.7 Å². The van der Waals surface area contributed by atoms with Gasteiger partial charge in [-0.1, -0.05) is 13.5 Å². The van der Waals surface area contributed by atoms with Gasteiger partial charge in [0.15, 0.2) is 0 Å². The summed E-state index contributed by atoms with van der Waals surface area (Å²) >= 11 is 0. The third-order valence-corrected chi connectivity index (χ3v) is 2.73. The SMILES string of the molecule is C=C(CNCCC)Cn1ccn2nccc2c1=O. The van der Waals surface area contributed by atoms with Crippen molar-refractivity contribution in [2.75, 3.05) is 13.1 Å². The van der Waals surface area contributed by atoms with Crippen molar-refractivity contribution in [3.63, 3.8) is 0 Å². The second-order valence-electron chi connectivity index (χ2n) is 4.32. The fraction of sp³-hybridized carbons (Fsp3) is 0.385. The number of hydrogen-bond donors (Lipinski definition) is 1. The molecule has 2 aromatic heterocycles. The molecular formula is C13H18N4O. The van der Waals surface area contributed by atoms with Crippen LogP contribution in [-0.4, -0.2) is 27.3 Å². The molecule has 2 aromatic rings. The Hall–Kier alpha value is -1.88. The highest BCUT2D eigenvalue weighted by Gasteiger charge is 2.04. The van der Waals surface area contributed by atoms with Crippen LogP contribution >= 0.6 is 0 Å². The summed E-state index contributed by atoms with van der Waals surface area (Å²) in [5, 5.41) is 7.30. The van der Waals surface area contributed by atoms with E-state index in [1.807, 2.05) is 0 Å². The maximum Gasteiger partial charge on any atom is 0.276 e. The van der Waals surface area contributed by atoms with Gasteiger partial charge in [-0.05, 0) is 24.6 Å². The number of rotatable bonds is 6. The lowest BCUT2D eigenvalue weighted by Crippen LogP contribution is -2.25. The topological polar surface area (TPSA) is 51.3 Å². The molecule has 0 amide bonds. The Kier molecular flexibility index (Phi) is 3.94. The zero-order chi connectivity index (χ0) is 13.0. The monoisotopic (exact) mass is 246 g/mol. The highest BCUT2D eigenvalue weighted by molar-refractivity contribution is 5.42. The molecular weight excluding hydrogens is 228 g/mol. The van der Waals surface area contributed by atoms with E-state index < -0.39 is 0 Å². The number of hydrogen-bond acceptors (Lipinski definition) is 3. The van der Waals surface area contributed by atoms with Gasteiger partial charge in [0.1, 0.15) is 5.52 Å². The van der Waals surface area contributed by atoms with Crippen LogP contribution in [0.15, 0.2) is 41.6 Å². The van der Waals surface area contributed by atoms with Crippen LogP contribution in [0.25, 0.3) is 5.52 Å². The molecule has 0 aliphatic carbocycles. The van der Waals surface area contributed by atoms with Crippen molar-refractivity contribution in [1.29, 1.82) is 0 Å². The first-order valence-corrected chi connectivity index (χ1v) is 6.12. The Labute approximate surface area is 106 Å². The van der Waals surface area contributed by atoms with Crippen LogP contribution in [0.1, 0.15) is 13.3 Å². The molecule has 0 aliphatic heterocycles. The summed E-state index contributed by atoms with van der Waals surface area (Å²) < 4.78 is 3.24. The lowest BCUT2D eigenvalue weighted by atomic mass is 10.3. The molecule has 1 N–H and O–H groups in total. The molecule has 0 radical (unpaired) electrons. The van der Waals surface area contributed by atoms with Crippen LogP contribution in [0.5, 0.6) is 0 Å². The van der Waals surface area contributed by atoms with E-state index in [0.717, 1.165) is 25.1 Å². The van der Waals surface area contributed by atoms with E-state index in [2.05, 4.69) is 23.9 Å². The second-order valence-corrected chi connectivity index (χ2v) is 4.32. The summed E-state index contributed by atoms with van der Waals surface area (Å²) in [5.74, 6) is 0. The van der Waals surface area contributed by atoms with E-state index in [4.69, 9.17) is 0 Å². The van der Waals surface area contributed by atoms with Crippen molar-refractivity contribution in [3.8, 4) is 0 Å². The predicted molar refractivity (Wildman–Crippen MR) is 71.8 cm³/mol. The second kappa shape index (κ2) is 5.64. The summed E-state index contributed by atoms with van der Waals surface area (Å²) in [6.45, 7) is 8.35. The van der Waals surface area contributed by atoms with Gasteiger partial charge in [-0.15, -0.1) is 0 Å². The van der Waals surface area contributed by atoms with Gasteiger partial charge >= 0.3 is 0 Å². The summed E-state index contributed by atoms with van der Waals surface area (Å²) in [4.78, 5) is 12.1. The molecule has 0 saturated heterocycles. The van der Waals surface area contributed by atoms with E-state index in [0.29, 0.717) is 12.1 Å². The van der Waals surface area contributed by atoms with Gasteiger partial charge in [-0.3, -0.25) is 4.79 Å². The van der Waals surface area contributed by atoms with Crippen molar-refractivity contribution in [2.24, 2.45) is 0 Å². The molecule has 0 fully saturated rings. The molecule has 0 bridgehead atoms. The molecule has 2 rings (SSSR count). The van der Waals surface area contributed by atoms with E-state index in [1.165, 1.54) is 0 Å². The number of fused-ring (bicyclic) bond motifs is 1. The minimum Gasteiger partial charge on any atom is -0.313 e. The zero-order valence-electron chi connectivity index (χ0n) is 10.6. The molecule has 5 nitrogen and oxygen atoms in total. The largest absolute Gasteiger partial charge is 0.313 e. The van der Waals surface area contributed by atoms with Crippen LogP contribution < -0.4 is 10.9 Å². The Balaban J connectivity index is 2.09. The van der Waals surface area contributed by atoms with Gasteiger partial charge in [0.25, 0.3) is 5.56 Å². The van der Waals surface area contributed by atoms with Crippen molar-refractivity contribution in [2.45, 2.75) is 19.9 Å². The lowest BCUT2D eigenvalue weighted by molar-refractivity contribution is 0.661. The van der Waals surface area contributed by atoms with Crippen molar-refractivity contribution in [1.82, 2.24) is 19.5 Å². The molecule has 0 unspecified atom stereocenters. The number of nitrogens with zero attached hydrogens (tertiary/aromatic N) is 3. The smallest absolute Gasteiger partial charge is 0.276 e. The fourth-order valence-electron chi connectivity index (χ4n) is 1.82. The molecule has 0 spiro atoms. The molecule has 0 saturated carbocycles. The normalized spacial score (nSPS) is 10.9. The standard InChI is InChI=1S/C13H18N4O/c1-3-5-14-9-11(2)10-16-7-8-17-12(13(16)18)4-6-15-17/h4,6-8,14H,2-3,5,9-10H2,1H3. The van der Waals surface area contributed by atoms with Gasteiger partial charge < -0.3 is 9.88 Å². The first kappa shape index (κ1) is 12.6. The predicted octanol–water partition coefficient (Wildman–Crippen LogP) is 1.05. The van der Waals surface area contributed by atoms with Crippen LogP contribution in [0.4, 0.5) is 0 Å². The Morgan fingerprint density at radius 1 is 1.50 bits per heavy atom. The average molecular weight is 246 g/mol. The fourth-order valence-corrected chi connectivity index (χ4v) is 1.82. The van der Waals surface area contributed by atoms with Gasteiger partial charge in [-0.2, -0.15) is 5.10 Å². The van der Waals surface area contributed by atoms with Crippen LogP contribution in [-0.2, 0) is 6.54 Å². The summed E-state index contributed by atoms with van der Waals surface area (Å²) in [7, 11) is 0. The average Bonchev–Trinajstić information content (AvgIpc) is 2.82. The molecule has 2 heterocycles. The lowest BCUT2D eigenvalue weighted by Gasteiger charge is -2.09. The molecule has 18 heavy (non-hydrogen) atoms. The Bertz CT molecular complexity index is 596. The third-order valence-electron chi connectivity index (χ3n) is 2.73. The maximum absolute atomic E-state index is 12.1. The highest BCUT2D eigenvalue weighted by atomic mass is 16.1. The van der Waals surface area contributed by atoms with Crippen LogP contribution in [0.3, 0.4) is 0 Å². The van der Waals surface area contributed by atoms with Gasteiger partial charge in [0.05, 0.1) is 6.20 Å². The van der Waals surface area contributed by atoms with Gasteiger partial charge in [0, 0.05) is 25.5 Å². The molecule has 0 aliphatic rings. The van der Waals surface area contributed by atoms with Crippen LogP contribution in [0, 0.1) is 0 Å². The Morgan fingerprint density at radius 2 is 2.33 bits per heavy atom. The molecule has 96 valence electrons. The zero-order valence-corrected chi connectivity index (χ0v) is 10.6. The van der Waals surface area contributed by atoms with E-state index in [-0.39, 0.29) is 5.56 Å². The maximum atomic E-state index is 12.1. The minimum absolute atomic E-state index is 0.0355. The summed E-state index contributed by atoms with van der Waals surface area (Å²) in [6.07, 6.45) is 6.24. The highest BCUT2D eigenvalue weighted by Crippen LogP contribution is 1.97. The minimum atomic E-state index is -0.0355. The summed E-state index contributed by atoms with van der Waals surface area (Å²) in [6, 6.07) is 1.72. The quantitative estimate of drug-likeness (QED) is 0.612. The van der Waals surface area contributed by atoms with Crippen LogP contribution in [0.2, 0.25) is 0 Å². The van der Waals surface area contributed by atoms with E-state index in [9.17, 15) is 4.79 Å². The third kappa shape index (κ3) is 2.68. The van der Waals surface area contributed by atoms with Crippen molar-refractivity contribution >= 4 is 5.52 Å².